The number of hydrogen-bond acceptors (Lipinski definition) is 5. The van der Waals surface area contributed by atoms with Crippen molar-refractivity contribution in [2.75, 3.05) is 12.3 Å². The minimum absolute atomic E-state index is 0.0409. The lowest BCUT2D eigenvalue weighted by atomic mass is 10.2. The van der Waals surface area contributed by atoms with Gasteiger partial charge in [0.1, 0.15) is 17.6 Å². The van der Waals surface area contributed by atoms with E-state index in [-0.39, 0.29) is 17.1 Å². The summed E-state index contributed by atoms with van der Waals surface area (Å²) in [6, 6.07) is 1.23. The van der Waals surface area contributed by atoms with E-state index in [4.69, 9.17) is 5.73 Å². The fourth-order valence-corrected chi connectivity index (χ4v) is 1.79. The van der Waals surface area contributed by atoms with Crippen LogP contribution in [0, 0.1) is 22.0 Å². The highest BCUT2D eigenvalue weighted by Gasteiger charge is 2.33. The first-order valence-electron chi connectivity index (χ1n) is 5.67. The topological polar surface area (TPSA) is 111 Å². The molecule has 1 fully saturated rings. The summed E-state index contributed by atoms with van der Waals surface area (Å²) < 4.78 is 0. The molecule has 2 rings (SSSR count). The van der Waals surface area contributed by atoms with Crippen molar-refractivity contribution in [3.8, 4) is 0 Å². The van der Waals surface area contributed by atoms with Gasteiger partial charge in [-0.05, 0) is 24.3 Å². The summed E-state index contributed by atoms with van der Waals surface area (Å²) in [6.07, 6.45) is 2.09. The molecule has 2 unspecified atom stereocenters. The number of nitrogens with two attached hydrogens (primary N) is 1. The first-order valence-corrected chi connectivity index (χ1v) is 5.67. The van der Waals surface area contributed by atoms with Gasteiger partial charge in [-0.25, -0.2) is 4.98 Å². The van der Waals surface area contributed by atoms with Gasteiger partial charge in [0.15, 0.2) is 0 Å². The Morgan fingerprint density at radius 3 is 2.94 bits per heavy atom. The summed E-state index contributed by atoms with van der Waals surface area (Å²) >= 11 is 0. The van der Waals surface area contributed by atoms with E-state index in [0.717, 1.165) is 12.6 Å². The van der Waals surface area contributed by atoms with Crippen molar-refractivity contribution in [2.45, 2.75) is 13.3 Å². The SMILES string of the molecule is CC1CC1CNC(=O)c1cc(N)ncc1[N+](=O)[O-]. The van der Waals surface area contributed by atoms with E-state index < -0.39 is 10.8 Å². The summed E-state index contributed by atoms with van der Waals surface area (Å²) in [4.78, 5) is 25.6. The average Bonchev–Trinajstić information content (AvgIpc) is 3.01. The van der Waals surface area contributed by atoms with Gasteiger partial charge in [-0.2, -0.15) is 0 Å². The minimum atomic E-state index is -0.638. The van der Waals surface area contributed by atoms with Gasteiger partial charge in [0.2, 0.25) is 0 Å². The van der Waals surface area contributed by atoms with E-state index >= 15 is 0 Å². The van der Waals surface area contributed by atoms with Crippen LogP contribution in [0.1, 0.15) is 23.7 Å². The number of nitrogens with zero attached hydrogens (tertiary/aromatic N) is 2. The van der Waals surface area contributed by atoms with Crippen LogP contribution in [0.3, 0.4) is 0 Å². The average molecular weight is 250 g/mol. The molecule has 0 spiro atoms. The summed E-state index contributed by atoms with van der Waals surface area (Å²) in [6.45, 7) is 2.64. The second kappa shape index (κ2) is 4.59. The Bertz CT molecular complexity index is 503. The predicted octanol–water partition coefficient (Wildman–Crippen LogP) is 0.958. The third kappa shape index (κ3) is 2.55. The molecule has 1 aromatic rings. The van der Waals surface area contributed by atoms with Crippen molar-refractivity contribution >= 4 is 17.4 Å². The Hall–Kier alpha value is -2.18. The lowest BCUT2D eigenvalue weighted by molar-refractivity contribution is -0.385. The highest BCUT2D eigenvalue weighted by Crippen LogP contribution is 2.36. The summed E-state index contributed by atoms with van der Waals surface area (Å²) in [7, 11) is 0. The van der Waals surface area contributed by atoms with Crippen LogP contribution >= 0.6 is 0 Å². The zero-order valence-corrected chi connectivity index (χ0v) is 9.92. The molecule has 1 aliphatic carbocycles. The molecule has 1 saturated carbocycles. The van der Waals surface area contributed by atoms with Crippen LogP contribution in [0.4, 0.5) is 11.5 Å². The highest BCUT2D eigenvalue weighted by molar-refractivity contribution is 5.98. The van der Waals surface area contributed by atoms with Crippen LogP contribution < -0.4 is 11.1 Å². The first kappa shape index (κ1) is 12.3. The van der Waals surface area contributed by atoms with Crippen molar-refractivity contribution in [3.63, 3.8) is 0 Å². The van der Waals surface area contributed by atoms with Crippen LogP contribution in [0.2, 0.25) is 0 Å². The highest BCUT2D eigenvalue weighted by atomic mass is 16.6. The first-order chi connectivity index (χ1) is 8.49. The fraction of sp³-hybridized carbons (Fsp3) is 0.455. The standard InChI is InChI=1S/C11H14N4O3/c1-6-2-7(6)4-14-11(16)8-3-10(12)13-5-9(8)15(17)18/h3,5-7H,2,4H2,1H3,(H2,12,13)(H,14,16). The van der Waals surface area contributed by atoms with Gasteiger partial charge in [-0.15, -0.1) is 0 Å². The molecule has 1 aliphatic rings. The number of nitro groups is 1. The molecular formula is C11H14N4O3. The number of pyridine rings is 1. The van der Waals surface area contributed by atoms with Crippen LogP contribution in [0.25, 0.3) is 0 Å². The van der Waals surface area contributed by atoms with E-state index in [0.29, 0.717) is 18.4 Å². The number of anilines is 1. The molecule has 96 valence electrons. The van der Waals surface area contributed by atoms with Gasteiger partial charge < -0.3 is 11.1 Å². The normalized spacial score (nSPS) is 21.4. The number of carbonyl (C=O) groups excluding carboxylic acids is 1. The Morgan fingerprint density at radius 1 is 1.72 bits per heavy atom. The Balaban J connectivity index is 2.12. The maximum atomic E-state index is 11.9. The number of rotatable bonds is 4. The van der Waals surface area contributed by atoms with Crippen molar-refractivity contribution in [3.05, 3.63) is 27.9 Å². The molecule has 1 aromatic heterocycles. The molecule has 7 heteroatoms. The molecule has 1 amide bonds. The molecule has 0 saturated heterocycles. The summed E-state index contributed by atoms with van der Waals surface area (Å²) in [5, 5.41) is 13.5. The molecule has 0 aromatic carbocycles. The maximum Gasteiger partial charge on any atom is 0.300 e. The summed E-state index contributed by atoms with van der Waals surface area (Å²) in [5.74, 6) is 0.704. The van der Waals surface area contributed by atoms with Crippen molar-refractivity contribution in [1.29, 1.82) is 0 Å². The zero-order chi connectivity index (χ0) is 13.3. The van der Waals surface area contributed by atoms with Gasteiger partial charge in [0, 0.05) is 6.54 Å². The number of hydrogen-bond donors (Lipinski definition) is 2. The van der Waals surface area contributed by atoms with Gasteiger partial charge in [0.25, 0.3) is 11.6 Å². The smallest absolute Gasteiger partial charge is 0.300 e. The van der Waals surface area contributed by atoms with Crippen LogP contribution in [0.15, 0.2) is 12.3 Å². The molecular weight excluding hydrogens is 236 g/mol. The maximum absolute atomic E-state index is 11.9. The third-order valence-corrected chi connectivity index (χ3v) is 3.15. The predicted molar refractivity (Wildman–Crippen MR) is 64.9 cm³/mol. The molecule has 0 aliphatic heterocycles. The molecule has 1 heterocycles. The molecule has 0 radical (unpaired) electrons. The van der Waals surface area contributed by atoms with Crippen molar-refractivity contribution < 1.29 is 9.72 Å². The van der Waals surface area contributed by atoms with Gasteiger partial charge >= 0.3 is 0 Å². The van der Waals surface area contributed by atoms with E-state index in [1.165, 1.54) is 6.07 Å². The minimum Gasteiger partial charge on any atom is -0.384 e. The number of nitrogens with one attached hydrogen (secondary N) is 1. The van der Waals surface area contributed by atoms with Gasteiger partial charge in [0.05, 0.1) is 4.92 Å². The monoisotopic (exact) mass is 250 g/mol. The van der Waals surface area contributed by atoms with E-state index in [2.05, 4.69) is 17.2 Å². The number of aromatic nitrogens is 1. The molecule has 0 bridgehead atoms. The zero-order valence-electron chi connectivity index (χ0n) is 9.92. The van der Waals surface area contributed by atoms with Crippen LogP contribution in [0.5, 0.6) is 0 Å². The second-order valence-electron chi connectivity index (χ2n) is 4.57. The van der Waals surface area contributed by atoms with Crippen LogP contribution in [-0.2, 0) is 0 Å². The second-order valence-corrected chi connectivity index (χ2v) is 4.57. The van der Waals surface area contributed by atoms with Crippen molar-refractivity contribution in [2.24, 2.45) is 11.8 Å². The third-order valence-electron chi connectivity index (χ3n) is 3.15. The van der Waals surface area contributed by atoms with Gasteiger partial charge in [-0.3, -0.25) is 14.9 Å². The van der Waals surface area contributed by atoms with Crippen molar-refractivity contribution in [1.82, 2.24) is 10.3 Å². The Labute approximate surface area is 104 Å². The van der Waals surface area contributed by atoms with E-state index in [1.807, 2.05) is 0 Å². The number of amides is 1. The van der Waals surface area contributed by atoms with E-state index in [1.54, 1.807) is 0 Å². The molecule has 2 atom stereocenters. The van der Waals surface area contributed by atoms with E-state index in [9.17, 15) is 14.9 Å². The molecule has 7 nitrogen and oxygen atoms in total. The molecule has 3 N–H and O–H groups in total. The lowest BCUT2D eigenvalue weighted by Crippen LogP contribution is -2.26. The molecule has 18 heavy (non-hydrogen) atoms. The van der Waals surface area contributed by atoms with Crippen LogP contribution in [-0.4, -0.2) is 22.4 Å². The number of carbonyl (C=O) groups is 1. The van der Waals surface area contributed by atoms with Gasteiger partial charge in [-0.1, -0.05) is 6.92 Å². The number of nitrogen functional groups attached to an aromatic ring is 1. The fourth-order valence-electron chi connectivity index (χ4n) is 1.79. The Morgan fingerprint density at radius 2 is 2.39 bits per heavy atom. The quantitative estimate of drug-likeness (QED) is 0.610. The summed E-state index contributed by atoms with van der Waals surface area (Å²) in [5.41, 5.74) is 5.07. The Kier molecular flexibility index (Phi) is 3.14. The lowest BCUT2D eigenvalue weighted by Gasteiger charge is -2.05. The largest absolute Gasteiger partial charge is 0.384 e.